The van der Waals surface area contributed by atoms with Gasteiger partial charge in [-0.3, -0.25) is 14.5 Å². The van der Waals surface area contributed by atoms with Gasteiger partial charge in [-0.25, -0.2) is 0 Å². The molecule has 0 bridgehead atoms. The molecule has 1 fully saturated rings. The van der Waals surface area contributed by atoms with Crippen molar-refractivity contribution >= 4 is 23.2 Å². The van der Waals surface area contributed by atoms with Crippen molar-refractivity contribution in [1.82, 2.24) is 15.5 Å². The summed E-state index contributed by atoms with van der Waals surface area (Å²) in [5, 5.41) is 8.34. The van der Waals surface area contributed by atoms with Crippen molar-refractivity contribution in [2.45, 2.75) is 52.0 Å². The van der Waals surface area contributed by atoms with Crippen molar-refractivity contribution in [2.24, 2.45) is 5.92 Å². The molecule has 2 N–H and O–H groups in total. The molecule has 1 saturated heterocycles. The predicted octanol–water partition coefficient (Wildman–Crippen LogP) is 4.28. The van der Waals surface area contributed by atoms with E-state index < -0.39 is 0 Å². The quantitative estimate of drug-likeness (QED) is 0.541. The van der Waals surface area contributed by atoms with Crippen molar-refractivity contribution in [3.05, 3.63) is 57.8 Å². The number of nitrogens with zero attached hydrogens (tertiary/aromatic N) is 1. The number of carbonyl (C=O) groups excluding carboxylic acids is 2. The molecule has 31 heavy (non-hydrogen) atoms. The van der Waals surface area contributed by atoms with Gasteiger partial charge in [0.15, 0.2) is 0 Å². The molecule has 6 heteroatoms. The summed E-state index contributed by atoms with van der Waals surface area (Å²) in [5.41, 5.74) is 2.30. The van der Waals surface area contributed by atoms with Gasteiger partial charge in [0.25, 0.3) is 0 Å². The molecule has 2 amide bonds. The van der Waals surface area contributed by atoms with Gasteiger partial charge in [-0.1, -0.05) is 55.7 Å². The number of carbonyl (C=O) groups is 2. The second kappa shape index (κ2) is 12.0. The number of piperidine rings is 1. The Morgan fingerprint density at radius 2 is 1.87 bits per heavy atom. The molecule has 1 aliphatic rings. The number of hydrogen-bond donors (Lipinski definition) is 2. The van der Waals surface area contributed by atoms with E-state index >= 15 is 0 Å². The Kier molecular flexibility index (Phi) is 9.10. The molecular weight excluding hydrogens is 406 g/mol. The third-order valence-electron chi connectivity index (χ3n) is 5.95. The summed E-state index contributed by atoms with van der Waals surface area (Å²) in [6.45, 7) is 6.95. The Balaban J connectivity index is 1.48. The van der Waals surface area contributed by atoms with Crippen LogP contribution in [0.4, 0.5) is 0 Å². The molecule has 0 spiro atoms. The molecule has 1 unspecified atom stereocenters. The fraction of sp³-hybridized carbons (Fsp3) is 0.520. The maximum atomic E-state index is 12.8. The van der Waals surface area contributed by atoms with Gasteiger partial charge in [-0.15, -0.1) is 11.3 Å². The van der Waals surface area contributed by atoms with Gasteiger partial charge in [-0.2, -0.15) is 0 Å². The summed E-state index contributed by atoms with van der Waals surface area (Å²) in [5.74, 6) is 0.283. The first-order valence-corrected chi connectivity index (χ1v) is 12.3. The van der Waals surface area contributed by atoms with Crippen molar-refractivity contribution in [2.75, 3.05) is 26.2 Å². The molecule has 1 aromatic heterocycles. The van der Waals surface area contributed by atoms with Gasteiger partial charge >= 0.3 is 0 Å². The van der Waals surface area contributed by atoms with E-state index in [-0.39, 0.29) is 23.8 Å². The van der Waals surface area contributed by atoms with E-state index in [1.165, 1.54) is 5.56 Å². The molecule has 168 valence electrons. The van der Waals surface area contributed by atoms with Crippen LogP contribution in [-0.4, -0.2) is 42.9 Å². The zero-order chi connectivity index (χ0) is 22.1. The van der Waals surface area contributed by atoms with Gasteiger partial charge in [0.05, 0.1) is 12.6 Å². The summed E-state index contributed by atoms with van der Waals surface area (Å²) < 4.78 is 0. The molecule has 2 heterocycles. The predicted molar refractivity (Wildman–Crippen MR) is 127 cm³/mol. The number of aryl methyl sites for hydroxylation is 1. The van der Waals surface area contributed by atoms with Crippen LogP contribution in [0.15, 0.2) is 41.8 Å². The van der Waals surface area contributed by atoms with Crippen LogP contribution in [0, 0.1) is 12.8 Å². The Labute approximate surface area is 190 Å². The van der Waals surface area contributed by atoms with Crippen LogP contribution < -0.4 is 10.6 Å². The largest absolute Gasteiger partial charge is 0.356 e. The normalized spacial score (nSPS) is 16.1. The average molecular weight is 442 g/mol. The molecule has 0 aliphatic carbocycles. The highest BCUT2D eigenvalue weighted by Gasteiger charge is 2.26. The molecule has 0 radical (unpaired) electrons. The zero-order valence-corrected chi connectivity index (χ0v) is 19.5. The third kappa shape index (κ3) is 7.18. The van der Waals surface area contributed by atoms with Crippen LogP contribution in [0.5, 0.6) is 0 Å². The number of rotatable bonds is 10. The van der Waals surface area contributed by atoms with Crippen LogP contribution in [0.2, 0.25) is 0 Å². The standard InChI is InChI=1S/C25H35N3O2S/c1-3-4-5-14-26-25(30)21-12-15-28(16-13-21)18-23(29)27-24(22-7-6-17-31-22)20-10-8-19(2)9-11-20/h6-11,17,21,24H,3-5,12-16,18H2,1-2H3,(H,26,30)(H,27,29). The second-order valence-corrected chi connectivity index (χ2v) is 9.45. The van der Waals surface area contributed by atoms with Crippen molar-refractivity contribution in [1.29, 1.82) is 0 Å². The van der Waals surface area contributed by atoms with Gasteiger partial charge in [0, 0.05) is 17.3 Å². The zero-order valence-electron chi connectivity index (χ0n) is 18.7. The van der Waals surface area contributed by atoms with E-state index in [2.05, 4.69) is 59.7 Å². The Bertz CT molecular complexity index is 812. The SMILES string of the molecule is CCCCCNC(=O)C1CCN(CC(=O)NC(c2ccc(C)cc2)c2cccs2)CC1. The van der Waals surface area contributed by atoms with Crippen LogP contribution in [0.25, 0.3) is 0 Å². The fourth-order valence-corrected chi connectivity index (χ4v) is 4.83. The van der Waals surface area contributed by atoms with Crippen LogP contribution in [-0.2, 0) is 9.59 Å². The number of amides is 2. The van der Waals surface area contributed by atoms with E-state index in [1.807, 2.05) is 11.4 Å². The molecule has 0 saturated carbocycles. The lowest BCUT2D eigenvalue weighted by atomic mass is 9.96. The summed E-state index contributed by atoms with van der Waals surface area (Å²) >= 11 is 1.66. The highest BCUT2D eigenvalue weighted by Crippen LogP contribution is 2.26. The van der Waals surface area contributed by atoms with Crippen LogP contribution >= 0.6 is 11.3 Å². The minimum atomic E-state index is -0.125. The smallest absolute Gasteiger partial charge is 0.234 e. The third-order valence-corrected chi connectivity index (χ3v) is 6.89. The number of benzene rings is 1. The highest BCUT2D eigenvalue weighted by molar-refractivity contribution is 7.10. The van der Waals surface area contributed by atoms with E-state index in [1.54, 1.807) is 11.3 Å². The molecular formula is C25H35N3O2S. The maximum absolute atomic E-state index is 12.8. The lowest BCUT2D eigenvalue weighted by molar-refractivity contribution is -0.126. The second-order valence-electron chi connectivity index (χ2n) is 8.48. The van der Waals surface area contributed by atoms with Gasteiger partial charge in [-0.05, 0) is 56.3 Å². The van der Waals surface area contributed by atoms with Gasteiger partial charge in [0.1, 0.15) is 0 Å². The Hall–Kier alpha value is -2.18. The average Bonchev–Trinajstić information content (AvgIpc) is 3.31. The van der Waals surface area contributed by atoms with E-state index in [9.17, 15) is 9.59 Å². The summed E-state index contributed by atoms with van der Waals surface area (Å²) in [4.78, 5) is 28.5. The van der Waals surface area contributed by atoms with Crippen LogP contribution in [0.3, 0.4) is 0 Å². The number of hydrogen-bond acceptors (Lipinski definition) is 4. The summed E-state index contributed by atoms with van der Waals surface area (Å²) in [6.07, 6.45) is 5.00. The number of likely N-dealkylation sites (tertiary alicyclic amines) is 1. The lowest BCUT2D eigenvalue weighted by Crippen LogP contribution is -2.45. The number of unbranched alkanes of at least 4 members (excludes halogenated alkanes) is 2. The monoisotopic (exact) mass is 441 g/mol. The highest BCUT2D eigenvalue weighted by atomic mass is 32.1. The van der Waals surface area contributed by atoms with E-state index in [0.29, 0.717) is 6.54 Å². The van der Waals surface area contributed by atoms with Crippen molar-refractivity contribution in [3.63, 3.8) is 0 Å². The fourth-order valence-electron chi connectivity index (χ4n) is 4.03. The number of nitrogens with one attached hydrogen (secondary N) is 2. The Morgan fingerprint density at radius 3 is 2.52 bits per heavy atom. The van der Waals surface area contributed by atoms with Gasteiger partial charge < -0.3 is 10.6 Å². The molecule has 1 aliphatic heterocycles. The number of thiophene rings is 1. The van der Waals surface area contributed by atoms with E-state index in [4.69, 9.17) is 0 Å². The molecule has 3 rings (SSSR count). The maximum Gasteiger partial charge on any atom is 0.234 e. The molecule has 5 nitrogen and oxygen atoms in total. The Morgan fingerprint density at radius 1 is 1.13 bits per heavy atom. The van der Waals surface area contributed by atoms with Crippen molar-refractivity contribution < 1.29 is 9.59 Å². The van der Waals surface area contributed by atoms with Crippen molar-refractivity contribution in [3.8, 4) is 0 Å². The van der Waals surface area contributed by atoms with Gasteiger partial charge in [0.2, 0.25) is 11.8 Å². The summed E-state index contributed by atoms with van der Waals surface area (Å²) in [6, 6.07) is 12.3. The minimum Gasteiger partial charge on any atom is -0.356 e. The minimum absolute atomic E-state index is 0.0291. The molecule has 1 aromatic carbocycles. The summed E-state index contributed by atoms with van der Waals surface area (Å²) in [7, 11) is 0. The first-order chi connectivity index (χ1) is 15.1. The van der Waals surface area contributed by atoms with E-state index in [0.717, 1.165) is 62.2 Å². The first-order valence-electron chi connectivity index (χ1n) is 11.5. The van der Waals surface area contributed by atoms with Crippen LogP contribution in [0.1, 0.15) is 61.1 Å². The first kappa shape index (κ1) is 23.5. The molecule has 1 atom stereocenters. The molecule has 2 aromatic rings. The lowest BCUT2D eigenvalue weighted by Gasteiger charge is -2.31. The topological polar surface area (TPSA) is 61.4 Å².